The predicted octanol–water partition coefficient (Wildman–Crippen LogP) is 3.62. The van der Waals surface area contributed by atoms with E-state index in [0.717, 1.165) is 4.90 Å². The molecule has 1 fully saturated rings. The van der Waals surface area contributed by atoms with Gasteiger partial charge in [-0.1, -0.05) is 30.3 Å². The molecule has 9 heteroatoms. The van der Waals surface area contributed by atoms with Crippen LogP contribution in [0, 0.1) is 10.1 Å². The number of nitro benzene ring substituents is 1. The van der Waals surface area contributed by atoms with Crippen molar-refractivity contribution in [3.8, 4) is 5.75 Å². The molecule has 1 N–H and O–H groups in total. The van der Waals surface area contributed by atoms with Crippen LogP contribution in [0.2, 0.25) is 0 Å². The Morgan fingerprint density at radius 1 is 1.09 bits per heavy atom. The number of rotatable bonds is 5. The minimum atomic E-state index is -1.11. The van der Waals surface area contributed by atoms with Crippen molar-refractivity contribution in [2.24, 2.45) is 0 Å². The number of ketones is 1. The number of carbonyl (C=O) groups excluding carboxylic acids is 2. The quantitative estimate of drug-likeness (QED) is 0.215. The normalized spacial score (nSPS) is 17.4. The summed E-state index contributed by atoms with van der Waals surface area (Å²) >= 11 is 0. The number of hydrogen-bond donors (Lipinski definition) is 1. The lowest BCUT2D eigenvalue weighted by molar-refractivity contribution is -0.384. The fraction of sp³-hybridized carbons (Fsp3) is 0.0870. The van der Waals surface area contributed by atoms with E-state index >= 15 is 0 Å². The number of non-ortho nitro benzene ring substituents is 1. The monoisotopic (exact) mass is 431 g/mol. The third-order valence-electron chi connectivity index (χ3n) is 5.08. The van der Waals surface area contributed by atoms with E-state index in [0.29, 0.717) is 5.75 Å². The van der Waals surface area contributed by atoms with Gasteiger partial charge in [-0.2, -0.15) is 0 Å². The van der Waals surface area contributed by atoms with Gasteiger partial charge in [0.1, 0.15) is 17.3 Å². The molecule has 1 saturated heterocycles. The lowest BCUT2D eigenvalue weighted by Crippen LogP contribution is -2.30. The highest BCUT2D eigenvalue weighted by molar-refractivity contribution is 6.51. The van der Waals surface area contributed by atoms with Gasteiger partial charge >= 0.3 is 5.91 Å². The second kappa shape index (κ2) is 8.31. The summed E-state index contributed by atoms with van der Waals surface area (Å²) in [7, 11) is 1.46. The third kappa shape index (κ3) is 3.56. The van der Waals surface area contributed by atoms with Gasteiger partial charge < -0.3 is 9.84 Å². The van der Waals surface area contributed by atoms with E-state index in [1.807, 2.05) is 0 Å². The molecule has 1 atom stereocenters. The minimum absolute atomic E-state index is 0.177. The largest absolute Gasteiger partial charge is 0.507 e. The number of nitrogens with zero attached hydrogens (tertiary/aromatic N) is 3. The first-order valence-electron chi connectivity index (χ1n) is 9.53. The van der Waals surface area contributed by atoms with Gasteiger partial charge in [0, 0.05) is 23.9 Å². The number of carbonyl (C=O) groups is 2. The molecular weight excluding hydrogens is 414 g/mol. The maximum absolute atomic E-state index is 13.1. The van der Waals surface area contributed by atoms with Gasteiger partial charge in [-0.25, -0.2) is 4.98 Å². The van der Waals surface area contributed by atoms with Crippen LogP contribution in [0.5, 0.6) is 5.75 Å². The molecule has 0 aliphatic carbocycles. The van der Waals surface area contributed by atoms with Crippen molar-refractivity contribution in [2.45, 2.75) is 6.04 Å². The zero-order valence-electron chi connectivity index (χ0n) is 16.8. The van der Waals surface area contributed by atoms with Gasteiger partial charge in [0.05, 0.1) is 23.6 Å². The van der Waals surface area contributed by atoms with E-state index in [4.69, 9.17) is 4.74 Å². The molecule has 2 heterocycles. The number of hydrogen-bond acceptors (Lipinski definition) is 7. The Morgan fingerprint density at radius 3 is 2.56 bits per heavy atom. The molecule has 0 spiro atoms. The number of benzene rings is 2. The van der Waals surface area contributed by atoms with Crippen LogP contribution in [-0.2, 0) is 9.59 Å². The Hall–Kier alpha value is -4.53. The van der Waals surface area contributed by atoms with Gasteiger partial charge in [0.25, 0.3) is 11.5 Å². The SMILES string of the molecule is COc1cccc(/C(O)=C2\C(=O)C(=O)N(c3ccccn3)[C@H]2c2cccc([N+](=O)[O-])c2)c1. The summed E-state index contributed by atoms with van der Waals surface area (Å²) in [6.07, 6.45) is 1.46. The summed E-state index contributed by atoms with van der Waals surface area (Å²) in [5, 5.41) is 22.4. The number of aromatic nitrogens is 1. The van der Waals surface area contributed by atoms with Gasteiger partial charge in [0.15, 0.2) is 0 Å². The molecule has 32 heavy (non-hydrogen) atoms. The lowest BCUT2D eigenvalue weighted by Gasteiger charge is -2.24. The van der Waals surface area contributed by atoms with Crippen LogP contribution >= 0.6 is 0 Å². The summed E-state index contributed by atoms with van der Waals surface area (Å²) < 4.78 is 5.18. The standard InChI is InChI=1S/C23H17N3O6/c1-32-17-9-5-7-15(13-17)21(27)19-20(14-6-4-8-16(12-14)26(30)31)25(23(29)22(19)28)18-10-2-3-11-24-18/h2-13,20,27H,1H3/b21-19+/t20-/m0/s1. The maximum Gasteiger partial charge on any atom is 0.301 e. The van der Waals surface area contributed by atoms with E-state index in [1.54, 1.807) is 42.5 Å². The number of Topliss-reactive ketones (excluding diaryl/α,β-unsaturated/α-hetero) is 1. The van der Waals surface area contributed by atoms with E-state index in [1.165, 1.54) is 37.6 Å². The molecule has 9 nitrogen and oxygen atoms in total. The molecule has 1 aromatic heterocycles. The summed E-state index contributed by atoms with van der Waals surface area (Å²) in [5.74, 6) is -1.62. The number of aliphatic hydroxyl groups excluding tert-OH is 1. The molecule has 1 aliphatic heterocycles. The first-order chi connectivity index (χ1) is 15.4. The number of amides is 1. The number of methoxy groups -OCH3 is 1. The molecular formula is C23H17N3O6. The number of aliphatic hydroxyl groups is 1. The molecule has 0 unspecified atom stereocenters. The van der Waals surface area contributed by atoms with Crippen LogP contribution in [0.4, 0.5) is 11.5 Å². The Labute approximate surface area is 182 Å². The van der Waals surface area contributed by atoms with Crippen molar-refractivity contribution in [3.63, 3.8) is 0 Å². The average molecular weight is 431 g/mol. The number of pyridine rings is 1. The zero-order valence-corrected chi connectivity index (χ0v) is 16.8. The van der Waals surface area contributed by atoms with Gasteiger partial charge in [0.2, 0.25) is 0 Å². The molecule has 4 rings (SSSR count). The van der Waals surface area contributed by atoms with Crippen molar-refractivity contribution in [1.82, 2.24) is 4.98 Å². The van der Waals surface area contributed by atoms with Crippen LogP contribution in [0.3, 0.4) is 0 Å². The minimum Gasteiger partial charge on any atom is -0.507 e. The van der Waals surface area contributed by atoms with Crippen LogP contribution in [-0.4, -0.2) is 33.8 Å². The Balaban J connectivity index is 1.97. The van der Waals surface area contributed by atoms with Crippen LogP contribution in [0.1, 0.15) is 17.2 Å². The summed E-state index contributed by atoms with van der Waals surface area (Å²) in [5.41, 5.74) is 0.136. The summed E-state index contributed by atoms with van der Waals surface area (Å²) in [6, 6.07) is 15.7. The highest BCUT2D eigenvalue weighted by atomic mass is 16.6. The fourth-order valence-corrected chi connectivity index (χ4v) is 3.61. The average Bonchev–Trinajstić information content (AvgIpc) is 3.09. The van der Waals surface area contributed by atoms with Gasteiger partial charge in [-0.3, -0.25) is 24.6 Å². The van der Waals surface area contributed by atoms with Crippen molar-refractivity contribution in [3.05, 3.63) is 99.7 Å². The Kier molecular flexibility index (Phi) is 5.38. The van der Waals surface area contributed by atoms with Crippen molar-refractivity contribution >= 4 is 29.0 Å². The lowest BCUT2D eigenvalue weighted by atomic mass is 9.95. The van der Waals surface area contributed by atoms with Gasteiger partial charge in [-0.15, -0.1) is 0 Å². The van der Waals surface area contributed by atoms with E-state index in [2.05, 4.69) is 4.98 Å². The van der Waals surface area contributed by atoms with Crippen molar-refractivity contribution < 1.29 is 24.4 Å². The summed E-state index contributed by atoms with van der Waals surface area (Å²) in [4.78, 5) is 42.1. The smallest absolute Gasteiger partial charge is 0.301 e. The van der Waals surface area contributed by atoms with Crippen LogP contribution < -0.4 is 9.64 Å². The third-order valence-corrected chi connectivity index (χ3v) is 5.08. The molecule has 160 valence electrons. The fourth-order valence-electron chi connectivity index (χ4n) is 3.61. The zero-order chi connectivity index (χ0) is 22.8. The Bertz CT molecular complexity index is 1260. The summed E-state index contributed by atoms with van der Waals surface area (Å²) in [6.45, 7) is 0. The molecule has 2 aromatic carbocycles. The number of ether oxygens (including phenoxy) is 1. The van der Waals surface area contributed by atoms with Crippen molar-refractivity contribution in [2.75, 3.05) is 12.0 Å². The molecule has 3 aromatic rings. The highest BCUT2D eigenvalue weighted by Gasteiger charge is 2.47. The first-order valence-corrected chi connectivity index (χ1v) is 9.53. The topological polar surface area (TPSA) is 123 Å². The van der Waals surface area contributed by atoms with Crippen LogP contribution in [0.25, 0.3) is 5.76 Å². The number of anilines is 1. The molecule has 0 radical (unpaired) electrons. The molecule has 1 aliphatic rings. The maximum atomic E-state index is 13.1. The second-order valence-electron chi connectivity index (χ2n) is 6.94. The number of nitro groups is 1. The van der Waals surface area contributed by atoms with E-state index in [9.17, 15) is 24.8 Å². The van der Waals surface area contributed by atoms with E-state index < -0.39 is 28.4 Å². The van der Waals surface area contributed by atoms with E-state index in [-0.39, 0.29) is 28.2 Å². The molecule has 1 amide bonds. The molecule has 0 saturated carbocycles. The van der Waals surface area contributed by atoms with Crippen molar-refractivity contribution in [1.29, 1.82) is 0 Å². The highest BCUT2D eigenvalue weighted by Crippen LogP contribution is 2.42. The predicted molar refractivity (Wildman–Crippen MR) is 115 cm³/mol. The molecule has 0 bridgehead atoms. The first kappa shape index (κ1) is 20.7. The second-order valence-corrected chi connectivity index (χ2v) is 6.94. The van der Waals surface area contributed by atoms with Crippen LogP contribution in [0.15, 0.2) is 78.5 Å². The van der Waals surface area contributed by atoms with Gasteiger partial charge in [-0.05, 0) is 29.8 Å². The Morgan fingerprint density at radius 2 is 1.88 bits per heavy atom.